The number of amides is 1. The van der Waals surface area contributed by atoms with Gasteiger partial charge in [0.15, 0.2) is 11.5 Å². The minimum Gasteiger partial charge on any atom is -0.493 e. The minimum absolute atomic E-state index is 0.0776. The average molecular weight is 403 g/mol. The van der Waals surface area contributed by atoms with Crippen LogP contribution in [-0.4, -0.2) is 50.7 Å². The number of carbonyl (C=O) groups is 1. The fourth-order valence-corrected chi connectivity index (χ4v) is 3.41. The Morgan fingerprint density at radius 2 is 1.86 bits per heavy atom. The van der Waals surface area contributed by atoms with Gasteiger partial charge in [-0.2, -0.15) is 8.78 Å². The second-order valence-electron chi connectivity index (χ2n) is 6.83. The smallest absolute Gasteiger partial charge is 0.387 e. The molecule has 0 unspecified atom stereocenters. The zero-order chi connectivity index (χ0) is 20.6. The van der Waals surface area contributed by atoms with E-state index in [1.807, 2.05) is 18.2 Å². The predicted molar refractivity (Wildman–Crippen MR) is 106 cm³/mol. The van der Waals surface area contributed by atoms with E-state index in [2.05, 4.69) is 16.9 Å². The molecular formula is C22H25F2N2O3+. The van der Waals surface area contributed by atoms with Crippen LogP contribution >= 0.6 is 0 Å². The van der Waals surface area contributed by atoms with E-state index in [4.69, 9.17) is 4.74 Å². The number of rotatable bonds is 7. The van der Waals surface area contributed by atoms with Gasteiger partial charge in [-0.15, -0.1) is 0 Å². The maximum atomic E-state index is 12.7. The first-order valence-electron chi connectivity index (χ1n) is 9.53. The van der Waals surface area contributed by atoms with E-state index in [0.717, 1.165) is 19.6 Å². The number of alkyl halides is 2. The molecule has 5 nitrogen and oxygen atoms in total. The second-order valence-corrected chi connectivity index (χ2v) is 6.83. The number of hydrogen-bond donors (Lipinski definition) is 1. The van der Waals surface area contributed by atoms with Gasteiger partial charge in [-0.05, 0) is 12.1 Å². The first kappa shape index (κ1) is 20.8. The monoisotopic (exact) mass is 403 g/mol. The SMILES string of the molecule is COc1cccc(/C=C/C(=O)N2CC[NH+](Cc3ccccc3)CC2)c1OC(F)F. The van der Waals surface area contributed by atoms with Gasteiger partial charge in [-0.3, -0.25) is 4.79 Å². The standard InChI is InChI=1S/C22H24F2N2O3/c1-28-19-9-5-8-18(21(19)29-22(23)24)10-11-20(27)26-14-12-25(13-15-26)16-17-6-3-2-4-7-17/h2-11,22H,12-16H2,1H3/p+1/b11-10+. The van der Waals surface area contributed by atoms with E-state index in [-0.39, 0.29) is 17.4 Å². The molecule has 2 aromatic rings. The molecule has 1 aliphatic rings. The van der Waals surface area contributed by atoms with Crippen molar-refractivity contribution in [1.82, 2.24) is 4.90 Å². The molecule has 0 spiro atoms. The zero-order valence-electron chi connectivity index (χ0n) is 16.3. The highest BCUT2D eigenvalue weighted by atomic mass is 19.3. The van der Waals surface area contributed by atoms with Crippen molar-refractivity contribution >= 4 is 12.0 Å². The summed E-state index contributed by atoms with van der Waals surface area (Å²) in [7, 11) is 1.38. The first-order chi connectivity index (χ1) is 14.1. The molecule has 154 valence electrons. The third-order valence-corrected chi connectivity index (χ3v) is 4.92. The third-order valence-electron chi connectivity index (χ3n) is 4.92. The number of ether oxygens (including phenoxy) is 2. The Kier molecular flexibility index (Phi) is 7.19. The molecule has 0 aromatic heterocycles. The molecule has 1 heterocycles. The summed E-state index contributed by atoms with van der Waals surface area (Å²) < 4.78 is 35.1. The maximum Gasteiger partial charge on any atom is 0.387 e. The number of quaternary nitrogens is 1. The molecule has 0 radical (unpaired) electrons. The van der Waals surface area contributed by atoms with Gasteiger partial charge < -0.3 is 19.3 Å². The molecule has 0 atom stereocenters. The summed E-state index contributed by atoms with van der Waals surface area (Å²) in [6.45, 7) is 1.01. The largest absolute Gasteiger partial charge is 0.493 e. The summed E-state index contributed by atoms with van der Waals surface area (Å²) in [4.78, 5) is 15.7. The number of methoxy groups -OCH3 is 1. The van der Waals surface area contributed by atoms with Gasteiger partial charge >= 0.3 is 6.61 Å². The fraction of sp³-hybridized carbons (Fsp3) is 0.318. The molecule has 1 N–H and O–H groups in total. The van der Waals surface area contributed by atoms with Crippen LogP contribution in [0.4, 0.5) is 8.78 Å². The molecular weight excluding hydrogens is 378 g/mol. The van der Waals surface area contributed by atoms with Crippen molar-refractivity contribution in [3.63, 3.8) is 0 Å². The Labute approximate surface area is 169 Å². The van der Waals surface area contributed by atoms with Crippen LogP contribution in [0.15, 0.2) is 54.6 Å². The van der Waals surface area contributed by atoms with Crippen LogP contribution in [0, 0.1) is 0 Å². The third kappa shape index (κ3) is 5.77. The quantitative estimate of drug-likeness (QED) is 0.721. The molecule has 1 amide bonds. The van der Waals surface area contributed by atoms with Gasteiger partial charge in [0.05, 0.1) is 33.3 Å². The van der Waals surface area contributed by atoms with Crippen LogP contribution in [0.5, 0.6) is 11.5 Å². The fourth-order valence-electron chi connectivity index (χ4n) is 3.41. The number of nitrogens with zero attached hydrogens (tertiary/aromatic N) is 1. The van der Waals surface area contributed by atoms with Gasteiger partial charge in [0.25, 0.3) is 0 Å². The lowest BCUT2D eigenvalue weighted by molar-refractivity contribution is -0.917. The van der Waals surface area contributed by atoms with Crippen LogP contribution in [0.3, 0.4) is 0 Å². The lowest BCUT2D eigenvalue weighted by atomic mass is 10.1. The number of nitrogens with one attached hydrogen (secondary N) is 1. The minimum atomic E-state index is -2.98. The zero-order valence-corrected chi connectivity index (χ0v) is 16.3. The number of hydrogen-bond acceptors (Lipinski definition) is 3. The number of carbonyl (C=O) groups excluding carboxylic acids is 1. The van der Waals surface area contributed by atoms with E-state index >= 15 is 0 Å². The predicted octanol–water partition coefficient (Wildman–Crippen LogP) is 2.24. The Morgan fingerprint density at radius 3 is 2.52 bits per heavy atom. The van der Waals surface area contributed by atoms with Crippen molar-refractivity contribution in [3.05, 3.63) is 65.7 Å². The lowest BCUT2D eigenvalue weighted by Gasteiger charge is -2.31. The molecule has 0 saturated carbocycles. The van der Waals surface area contributed by atoms with Crippen molar-refractivity contribution < 1.29 is 27.9 Å². The number of benzene rings is 2. The molecule has 1 aliphatic heterocycles. The van der Waals surface area contributed by atoms with Crippen molar-refractivity contribution in [2.45, 2.75) is 13.2 Å². The molecule has 1 fully saturated rings. The molecule has 0 bridgehead atoms. The Bertz CT molecular complexity index is 835. The van der Waals surface area contributed by atoms with Crippen LogP contribution in [-0.2, 0) is 11.3 Å². The first-order valence-corrected chi connectivity index (χ1v) is 9.53. The summed E-state index contributed by atoms with van der Waals surface area (Å²) in [6, 6.07) is 15.1. The highest BCUT2D eigenvalue weighted by molar-refractivity contribution is 5.92. The summed E-state index contributed by atoms with van der Waals surface area (Å²) in [6.07, 6.45) is 2.89. The van der Waals surface area contributed by atoms with Crippen molar-refractivity contribution in [3.8, 4) is 11.5 Å². The Hall–Kier alpha value is -2.93. The molecule has 3 rings (SSSR count). The van der Waals surface area contributed by atoms with Crippen LogP contribution in [0.25, 0.3) is 6.08 Å². The number of para-hydroxylation sites is 1. The van der Waals surface area contributed by atoms with Crippen LogP contribution in [0.2, 0.25) is 0 Å². The summed E-state index contributed by atoms with van der Waals surface area (Å²) in [5.41, 5.74) is 1.65. The van der Waals surface area contributed by atoms with E-state index in [1.54, 1.807) is 17.0 Å². The van der Waals surface area contributed by atoms with Crippen molar-refractivity contribution in [2.75, 3.05) is 33.3 Å². The van der Waals surface area contributed by atoms with Crippen LogP contribution < -0.4 is 14.4 Å². The molecule has 0 aliphatic carbocycles. The van der Waals surface area contributed by atoms with E-state index in [0.29, 0.717) is 18.7 Å². The Morgan fingerprint density at radius 1 is 1.14 bits per heavy atom. The summed E-state index contributed by atoms with van der Waals surface area (Å²) >= 11 is 0. The van der Waals surface area contributed by atoms with Crippen molar-refractivity contribution in [2.24, 2.45) is 0 Å². The molecule has 2 aromatic carbocycles. The summed E-state index contributed by atoms with van der Waals surface area (Å²) in [5, 5.41) is 0. The highest BCUT2D eigenvalue weighted by Crippen LogP contribution is 2.33. The van der Waals surface area contributed by atoms with E-state index in [1.165, 1.54) is 35.8 Å². The van der Waals surface area contributed by atoms with Gasteiger partial charge in [-0.1, -0.05) is 42.5 Å². The van der Waals surface area contributed by atoms with E-state index in [9.17, 15) is 13.6 Å². The van der Waals surface area contributed by atoms with Crippen LogP contribution in [0.1, 0.15) is 11.1 Å². The Balaban J connectivity index is 1.59. The topological polar surface area (TPSA) is 43.2 Å². The van der Waals surface area contributed by atoms with Crippen molar-refractivity contribution in [1.29, 1.82) is 0 Å². The van der Waals surface area contributed by atoms with E-state index < -0.39 is 6.61 Å². The van der Waals surface area contributed by atoms with Gasteiger partial charge in [-0.25, -0.2) is 0 Å². The highest BCUT2D eigenvalue weighted by Gasteiger charge is 2.22. The molecule has 29 heavy (non-hydrogen) atoms. The second kappa shape index (κ2) is 10.0. The summed E-state index contributed by atoms with van der Waals surface area (Å²) in [5.74, 6) is -0.0289. The number of piperazine rings is 1. The van der Waals surface area contributed by atoms with Gasteiger partial charge in [0, 0.05) is 17.2 Å². The van der Waals surface area contributed by atoms with Gasteiger partial charge in [0.1, 0.15) is 6.54 Å². The average Bonchev–Trinajstić information content (AvgIpc) is 2.73. The lowest BCUT2D eigenvalue weighted by Crippen LogP contribution is -3.13. The van der Waals surface area contributed by atoms with Gasteiger partial charge in [0.2, 0.25) is 5.91 Å². The maximum absolute atomic E-state index is 12.7. The molecule has 7 heteroatoms. The molecule has 1 saturated heterocycles. The normalized spacial score (nSPS) is 15.1. The number of halogens is 2.